The predicted molar refractivity (Wildman–Crippen MR) is 58.0 cm³/mol. The molecule has 0 spiro atoms. The molecular formula is C12H22NO. The van der Waals surface area contributed by atoms with E-state index < -0.39 is 0 Å². The van der Waals surface area contributed by atoms with Crippen molar-refractivity contribution in [3.8, 4) is 0 Å². The van der Waals surface area contributed by atoms with Crippen LogP contribution in [0.3, 0.4) is 0 Å². The van der Waals surface area contributed by atoms with Gasteiger partial charge < -0.3 is 0 Å². The third kappa shape index (κ3) is 4.64. The van der Waals surface area contributed by atoms with Crippen LogP contribution in [0.2, 0.25) is 0 Å². The third-order valence-electron chi connectivity index (χ3n) is 2.82. The fourth-order valence-electron chi connectivity index (χ4n) is 1.99. The van der Waals surface area contributed by atoms with Crippen LogP contribution in [0.1, 0.15) is 52.4 Å². The molecule has 81 valence electrons. The van der Waals surface area contributed by atoms with Crippen molar-refractivity contribution in [3.63, 3.8) is 0 Å². The summed E-state index contributed by atoms with van der Waals surface area (Å²) in [6, 6.07) is 0. The number of carbonyl (C=O) groups excluding carboxylic acids is 1. The van der Waals surface area contributed by atoms with Gasteiger partial charge in [0.2, 0.25) is 5.91 Å². The van der Waals surface area contributed by atoms with E-state index in [9.17, 15) is 4.79 Å². The normalized spacial score (nSPS) is 18.5. The quantitative estimate of drug-likeness (QED) is 0.680. The van der Waals surface area contributed by atoms with Gasteiger partial charge >= 0.3 is 0 Å². The summed E-state index contributed by atoms with van der Waals surface area (Å²) in [6.45, 7) is 4.89. The monoisotopic (exact) mass is 196 g/mol. The van der Waals surface area contributed by atoms with Crippen molar-refractivity contribution in [3.05, 3.63) is 0 Å². The van der Waals surface area contributed by atoms with Crippen molar-refractivity contribution in [1.82, 2.24) is 5.32 Å². The molecule has 0 aliphatic heterocycles. The van der Waals surface area contributed by atoms with Crippen molar-refractivity contribution in [2.45, 2.75) is 52.4 Å². The Balaban J connectivity index is 2.12. The molecule has 0 atom stereocenters. The first kappa shape index (κ1) is 11.5. The average molecular weight is 196 g/mol. The fourth-order valence-corrected chi connectivity index (χ4v) is 1.99. The lowest BCUT2D eigenvalue weighted by Crippen LogP contribution is -2.23. The maximum Gasteiger partial charge on any atom is 0.241 e. The highest BCUT2D eigenvalue weighted by Gasteiger charge is 2.17. The molecule has 1 aliphatic rings. The summed E-state index contributed by atoms with van der Waals surface area (Å²) >= 11 is 0. The lowest BCUT2D eigenvalue weighted by atomic mass is 9.87. The molecule has 0 unspecified atom stereocenters. The molecule has 0 aromatic carbocycles. The summed E-state index contributed by atoms with van der Waals surface area (Å²) in [4.78, 5) is 11.4. The SMILES string of the molecule is CC(C)C[N]C(=O)CC1CCCCC1. The van der Waals surface area contributed by atoms with E-state index >= 15 is 0 Å². The minimum absolute atomic E-state index is 0.130. The van der Waals surface area contributed by atoms with Gasteiger partial charge in [-0.3, -0.25) is 10.1 Å². The molecule has 0 saturated heterocycles. The molecule has 0 heterocycles. The zero-order valence-electron chi connectivity index (χ0n) is 9.46. The zero-order chi connectivity index (χ0) is 10.4. The summed E-state index contributed by atoms with van der Waals surface area (Å²) in [7, 11) is 0. The van der Waals surface area contributed by atoms with Gasteiger partial charge in [-0.05, 0) is 24.7 Å². The second-order valence-electron chi connectivity index (χ2n) is 4.84. The summed E-state index contributed by atoms with van der Waals surface area (Å²) in [6.07, 6.45) is 7.15. The Bertz CT molecular complexity index is 171. The van der Waals surface area contributed by atoms with E-state index in [2.05, 4.69) is 19.2 Å². The summed E-state index contributed by atoms with van der Waals surface area (Å²) < 4.78 is 0. The van der Waals surface area contributed by atoms with Crippen LogP contribution in [0.15, 0.2) is 0 Å². The third-order valence-corrected chi connectivity index (χ3v) is 2.82. The Hall–Kier alpha value is -0.530. The molecule has 1 aliphatic carbocycles. The van der Waals surface area contributed by atoms with Crippen LogP contribution >= 0.6 is 0 Å². The van der Waals surface area contributed by atoms with Crippen molar-refractivity contribution >= 4 is 5.91 Å². The van der Waals surface area contributed by atoms with Crippen LogP contribution in [0.4, 0.5) is 0 Å². The van der Waals surface area contributed by atoms with E-state index in [4.69, 9.17) is 0 Å². The van der Waals surface area contributed by atoms with Crippen LogP contribution in [0, 0.1) is 11.8 Å². The van der Waals surface area contributed by atoms with Gasteiger partial charge in [-0.2, -0.15) is 0 Å². The molecule has 0 aromatic heterocycles. The van der Waals surface area contributed by atoms with E-state index in [1.165, 1.54) is 32.1 Å². The van der Waals surface area contributed by atoms with Crippen LogP contribution in [-0.4, -0.2) is 12.5 Å². The molecule has 1 saturated carbocycles. The number of rotatable bonds is 4. The fraction of sp³-hybridized carbons (Fsp3) is 0.917. The average Bonchev–Trinajstić information content (AvgIpc) is 2.16. The van der Waals surface area contributed by atoms with E-state index in [-0.39, 0.29) is 5.91 Å². The standard InChI is InChI=1S/C12H22NO/c1-10(2)9-13-12(14)8-11-6-4-3-5-7-11/h10-11H,3-9H2,1-2H3. The van der Waals surface area contributed by atoms with Gasteiger partial charge in [-0.15, -0.1) is 0 Å². The molecule has 1 radical (unpaired) electrons. The zero-order valence-corrected chi connectivity index (χ0v) is 9.46. The van der Waals surface area contributed by atoms with Crippen molar-refractivity contribution in [2.24, 2.45) is 11.8 Å². The van der Waals surface area contributed by atoms with Gasteiger partial charge in [-0.1, -0.05) is 33.1 Å². The Kier molecular flexibility index (Phi) is 4.99. The van der Waals surface area contributed by atoms with Gasteiger partial charge in [0.25, 0.3) is 0 Å². The van der Waals surface area contributed by atoms with Crippen molar-refractivity contribution < 1.29 is 4.79 Å². The molecule has 2 heteroatoms. The number of carbonyl (C=O) groups is 1. The number of amides is 1. The van der Waals surface area contributed by atoms with Crippen LogP contribution < -0.4 is 5.32 Å². The number of hydrogen-bond donors (Lipinski definition) is 0. The topological polar surface area (TPSA) is 31.2 Å². The summed E-state index contributed by atoms with van der Waals surface area (Å²) in [5.74, 6) is 1.27. The van der Waals surface area contributed by atoms with Crippen molar-refractivity contribution in [2.75, 3.05) is 6.54 Å². The molecular weight excluding hydrogens is 174 g/mol. The minimum Gasteiger partial charge on any atom is -0.273 e. The highest BCUT2D eigenvalue weighted by molar-refractivity contribution is 5.75. The Labute approximate surface area is 87.5 Å². The smallest absolute Gasteiger partial charge is 0.241 e. The van der Waals surface area contributed by atoms with Gasteiger partial charge in [0.15, 0.2) is 0 Å². The molecule has 1 fully saturated rings. The maximum absolute atomic E-state index is 11.4. The molecule has 0 N–H and O–H groups in total. The van der Waals surface area contributed by atoms with Crippen LogP contribution in [-0.2, 0) is 4.79 Å². The van der Waals surface area contributed by atoms with Gasteiger partial charge in [0, 0.05) is 13.0 Å². The molecule has 1 rings (SSSR count). The Morgan fingerprint density at radius 2 is 1.93 bits per heavy atom. The maximum atomic E-state index is 11.4. The second-order valence-corrected chi connectivity index (χ2v) is 4.84. The highest BCUT2D eigenvalue weighted by Crippen LogP contribution is 2.26. The van der Waals surface area contributed by atoms with E-state index in [0.29, 0.717) is 24.8 Å². The first-order chi connectivity index (χ1) is 6.68. The molecule has 0 bridgehead atoms. The first-order valence-corrected chi connectivity index (χ1v) is 5.89. The second kappa shape index (κ2) is 6.05. The molecule has 1 amide bonds. The van der Waals surface area contributed by atoms with Crippen molar-refractivity contribution in [1.29, 1.82) is 0 Å². The lowest BCUT2D eigenvalue weighted by molar-refractivity contribution is -0.122. The van der Waals surface area contributed by atoms with Crippen LogP contribution in [0.25, 0.3) is 0 Å². The highest BCUT2D eigenvalue weighted by atomic mass is 16.1. The Morgan fingerprint density at radius 3 is 2.50 bits per heavy atom. The summed E-state index contributed by atoms with van der Waals surface area (Å²) in [5, 5.41) is 4.08. The summed E-state index contributed by atoms with van der Waals surface area (Å²) in [5.41, 5.74) is 0. The number of hydrogen-bond acceptors (Lipinski definition) is 1. The molecule has 14 heavy (non-hydrogen) atoms. The molecule has 2 nitrogen and oxygen atoms in total. The van der Waals surface area contributed by atoms with Gasteiger partial charge in [0.05, 0.1) is 0 Å². The molecule has 0 aromatic rings. The van der Waals surface area contributed by atoms with Gasteiger partial charge in [0.1, 0.15) is 0 Å². The van der Waals surface area contributed by atoms with Gasteiger partial charge in [-0.25, -0.2) is 0 Å². The first-order valence-electron chi connectivity index (χ1n) is 5.89. The minimum atomic E-state index is 0.130. The largest absolute Gasteiger partial charge is 0.273 e. The van der Waals surface area contributed by atoms with E-state index in [1.54, 1.807) is 0 Å². The predicted octanol–water partition coefficient (Wildman–Crippen LogP) is 2.74. The Morgan fingerprint density at radius 1 is 1.29 bits per heavy atom. The number of nitrogens with zero attached hydrogens (tertiary/aromatic N) is 1. The van der Waals surface area contributed by atoms with Crippen LogP contribution in [0.5, 0.6) is 0 Å². The van der Waals surface area contributed by atoms with E-state index in [0.717, 1.165) is 0 Å². The van der Waals surface area contributed by atoms with E-state index in [1.807, 2.05) is 0 Å². The lowest BCUT2D eigenvalue weighted by Gasteiger charge is -2.20.